The number of nitrogens with one attached hydrogen (secondary N) is 1. The molecule has 1 aromatic carbocycles. The molecule has 0 saturated heterocycles. The summed E-state index contributed by atoms with van der Waals surface area (Å²) in [5.41, 5.74) is 1.30. The lowest BCUT2D eigenvalue weighted by molar-refractivity contribution is 0.414. The predicted molar refractivity (Wildman–Crippen MR) is 73.4 cm³/mol. The highest BCUT2D eigenvalue weighted by molar-refractivity contribution is 5.26. The van der Waals surface area contributed by atoms with Gasteiger partial charge in [-0.15, -0.1) is 0 Å². The maximum absolute atomic E-state index is 5.12. The maximum atomic E-state index is 5.12. The summed E-state index contributed by atoms with van der Waals surface area (Å²) in [7, 11) is 1.69. The van der Waals surface area contributed by atoms with Gasteiger partial charge in [-0.1, -0.05) is 24.3 Å². The van der Waals surface area contributed by atoms with Gasteiger partial charge in [0.2, 0.25) is 0 Å². The van der Waals surface area contributed by atoms with Gasteiger partial charge in [-0.2, -0.15) is 0 Å². The Morgan fingerprint density at radius 1 is 1.18 bits per heavy atom. The molecular weight excluding hydrogens is 210 g/mol. The molecule has 0 atom stereocenters. The quantitative estimate of drug-likeness (QED) is 0.548. The first-order valence-electron chi connectivity index (χ1n) is 6.31. The van der Waals surface area contributed by atoms with Crippen molar-refractivity contribution in [3.05, 3.63) is 42.0 Å². The van der Waals surface area contributed by atoms with Crippen LogP contribution in [0.25, 0.3) is 0 Å². The van der Waals surface area contributed by atoms with E-state index in [1.165, 1.54) is 24.8 Å². The van der Waals surface area contributed by atoms with Gasteiger partial charge < -0.3 is 10.1 Å². The fourth-order valence-electron chi connectivity index (χ4n) is 1.65. The normalized spacial score (nSPS) is 10.9. The van der Waals surface area contributed by atoms with E-state index in [1.807, 2.05) is 12.1 Å². The van der Waals surface area contributed by atoms with Crippen molar-refractivity contribution in [2.75, 3.05) is 13.7 Å². The number of ether oxygens (including phenoxy) is 1. The third-order valence-corrected chi connectivity index (χ3v) is 2.70. The highest BCUT2D eigenvalue weighted by Gasteiger charge is 1.94. The highest BCUT2D eigenvalue weighted by Crippen LogP contribution is 2.10. The molecule has 2 heteroatoms. The molecule has 0 heterocycles. The minimum atomic E-state index is 0.917. The van der Waals surface area contributed by atoms with E-state index in [9.17, 15) is 0 Å². The Balaban J connectivity index is 2.09. The number of unbranched alkanes of at least 4 members (excludes halogenated alkanes) is 2. The van der Waals surface area contributed by atoms with Crippen molar-refractivity contribution >= 4 is 0 Å². The number of benzene rings is 1. The molecule has 0 aliphatic rings. The summed E-state index contributed by atoms with van der Waals surface area (Å²) >= 11 is 0. The van der Waals surface area contributed by atoms with Gasteiger partial charge in [-0.3, -0.25) is 0 Å². The minimum Gasteiger partial charge on any atom is -0.497 e. The van der Waals surface area contributed by atoms with Crippen molar-refractivity contribution in [1.29, 1.82) is 0 Å². The van der Waals surface area contributed by atoms with Crippen LogP contribution in [0.1, 0.15) is 31.7 Å². The Morgan fingerprint density at radius 3 is 2.59 bits per heavy atom. The monoisotopic (exact) mass is 233 g/mol. The van der Waals surface area contributed by atoms with Gasteiger partial charge in [0.15, 0.2) is 0 Å². The third-order valence-electron chi connectivity index (χ3n) is 2.70. The Morgan fingerprint density at radius 2 is 1.94 bits per heavy atom. The Bertz CT molecular complexity index is 316. The molecule has 1 aromatic rings. The fourth-order valence-corrected chi connectivity index (χ4v) is 1.65. The van der Waals surface area contributed by atoms with Crippen LogP contribution in [-0.4, -0.2) is 13.7 Å². The standard InChI is InChI=1S/C15H23NO/c1-3-4-5-6-7-12-16-13-14-8-10-15(17-2)11-9-14/h3-4,8-11,16H,5-7,12-13H2,1-2H3/b4-3+. The summed E-state index contributed by atoms with van der Waals surface area (Å²) < 4.78 is 5.12. The molecule has 0 fully saturated rings. The largest absolute Gasteiger partial charge is 0.497 e. The molecule has 0 aliphatic heterocycles. The lowest BCUT2D eigenvalue weighted by atomic mass is 10.2. The van der Waals surface area contributed by atoms with Crippen LogP contribution in [0.15, 0.2) is 36.4 Å². The molecule has 1 N–H and O–H groups in total. The molecule has 0 saturated carbocycles. The van der Waals surface area contributed by atoms with Crippen molar-refractivity contribution in [3.8, 4) is 5.75 Å². The van der Waals surface area contributed by atoms with Crippen LogP contribution < -0.4 is 10.1 Å². The Labute approximate surface area is 105 Å². The molecule has 0 unspecified atom stereocenters. The van der Waals surface area contributed by atoms with Crippen LogP contribution in [-0.2, 0) is 6.54 Å². The van der Waals surface area contributed by atoms with Crippen LogP contribution in [0.5, 0.6) is 5.75 Å². The number of rotatable bonds is 8. The molecule has 0 aromatic heterocycles. The smallest absolute Gasteiger partial charge is 0.118 e. The third kappa shape index (κ3) is 6.12. The summed E-state index contributed by atoms with van der Waals surface area (Å²) in [5.74, 6) is 0.917. The van der Waals surface area contributed by atoms with Crippen molar-refractivity contribution in [3.63, 3.8) is 0 Å². The van der Waals surface area contributed by atoms with Crippen LogP contribution in [0, 0.1) is 0 Å². The SMILES string of the molecule is C/C=C/CCCCNCc1ccc(OC)cc1. The van der Waals surface area contributed by atoms with E-state index in [2.05, 4.69) is 36.5 Å². The topological polar surface area (TPSA) is 21.3 Å². The molecule has 17 heavy (non-hydrogen) atoms. The van der Waals surface area contributed by atoms with Crippen molar-refractivity contribution in [1.82, 2.24) is 5.32 Å². The summed E-state index contributed by atoms with van der Waals surface area (Å²) in [6, 6.07) is 8.21. The van der Waals surface area contributed by atoms with E-state index in [1.54, 1.807) is 7.11 Å². The van der Waals surface area contributed by atoms with Gasteiger partial charge in [-0.05, 0) is 50.4 Å². The number of hydrogen-bond acceptors (Lipinski definition) is 2. The van der Waals surface area contributed by atoms with E-state index in [4.69, 9.17) is 4.74 Å². The van der Waals surface area contributed by atoms with Gasteiger partial charge >= 0.3 is 0 Å². The van der Waals surface area contributed by atoms with Crippen molar-refractivity contribution in [2.45, 2.75) is 32.7 Å². The lowest BCUT2D eigenvalue weighted by Gasteiger charge is -2.05. The van der Waals surface area contributed by atoms with Crippen LogP contribution >= 0.6 is 0 Å². The first-order chi connectivity index (χ1) is 8.36. The summed E-state index contributed by atoms with van der Waals surface area (Å²) in [6.45, 7) is 4.10. The second-order valence-electron chi connectivity index (χ2n) is 4.09. The number of hydrogen-bond donors (Lipinski definition) is 1. The van der Waals surface area contributed by atoms with Gasteiger partial charge in [0, 0.05) is 6.54 Å². The summed E-state index contributed by atoms with van der Waals surface area (Å²) in [5, 5.41) is 3.45. The maximum Gasteiger partial charge on any atom is 0.118 e. The zero-order chi connectivity index (χ0) is 12.3. The molecule has 0 aliphatic carbocycles. The van der Waals surface area contributed by atoms with Crippen molar-refractivity contribution in [2.24, 2.45) is 0 Å². The molecule has 0 spiro atoms. The van der Waals surface area contributed by atoms with Crippen LogP contribution in [0.4, 0.5) is 0 Å². The van der Waals surface area contributed by atoms with E-state index in [0.717, 1.165) is 18.8 Å². The first-order valence-corrected chi connectivity index (χ1v) is 6.31. The van der Waals surface area contributed by atoms with Gasteiger partial charge in [0.05, 0.1) is 7.11 Å². The summed E-state index contributed by atoms with van der Waals surface area (Å²) in [6.07, 6.45) is 8.04. The molecule has 1 rings (SSSR count). The highest BCUT2D eigenvalue weighted by atomic mass is 16.5. The zero-order valence-electron chi connectivity index (χ0n) is 10.9. The van der Waals surface area contributed by atoms with E-state index < -0.39 is 0 Å². The molecular formula is C15H23NO. The van der Waals surface area contributed by atoms with Crippen LogP contribution in [0.3, 0.4) is 0 Å². The molecule has 0 radical (unpaired) electrons. The van der Waals surface area contributed by atoms with Crippen LogP contribution in [0.2, 0.25) is 0 Å². The van der Waals surface area contributed by atoms with Gasteiger partial charge in [0.25, 0.3) is 0 Å². The molecule has 2 nitrogen and oxygen atoms in total. The first kappa shape index (κ1) is 13.8. The number of methoxy groups -OCH3 is 1. The number of allylic oxidation sites excluding steroid dienone is 2. The van der Waals surface area contributed by atoms with E-state index >= 15 is 0 Å². The average Bonchev–Trinajstić information content (AvgIpc) is 2.38. The summed E-state index contributed by atoms with van der Waals surface area (Å²) in [4.78, 5) is 0. The van der Waals surface area contributed by atoms with Gasteiger partial charge in [0.1, 0.15) is 5.75 Å². The Hall–Kier alpha value is -1.28. The second kappa shape index (κ2) is 8.82. The fraction of sp³-hybridized carbons (Fsp3) is 0.467. The Kier molecular flexibility index (Phi) is 7.15. The lowest BCUT2D eigenvalue weighted by Crippen LogP contribution is -2.14. The molecule has 94 valence electrons. The zero-order valence-corrected chi connectivity index (χ0v) is 10.9. The van der Waals surface area contributed by atoms with Crippen molar-refractivity contribution < 1.29 is 4.74 Å². The molecule has 0 bridgehead atoms. The predicted octanol–water partition coefficient (Wildman–Crippen LogP) is 3.53. The van der Waals surface area contributed by atoms with Gasteiger partial charge in [-0.25, -0.2) is 0 Å². The van der Waals surface area contributed by atoms with E-state index in [-0.39, 0.29) is 0 Å². The van der Waals surface area contributed by atoms with E-state index in [0.29, 0.717) is 0 Å². The second-order valence-corrected chi connectivity index (χ2v) is 4.09. The average molecular weight is 233 g/mol. The minimum absolute atomic E-state index is 0.917. The molecule has 0 amide bonds.